The maximum absolute atomic E-state index is 12.4. The number of nitrogens with one attached hydrogen (secondary N) is 1. The average molecular weight is 512 g/mol. The summed E-state index contributed by atoms with van der Waals surface area (Å²) < 4.78 is 13.6. The number of hydrogen-bond donors (Lipinski definition) is 1. The lowest BCUT2D eigenvalue weighted by Gasteiger charge is -2.12. The summed E-state index contributed by atoms with van der Waals surface area (Å²) in [5, 5.41) is 4.28. The molecule has 182 valence electrons. The molecule has 0 atom stereocenters. The van der Waals surface area contributed by atoms with Crippen LogP contribution in [0.15, 0.2) is 60.7 Å². The van der Waals surface area contributed by atoms with Gasteiger partial charge in [0.05, 0.1) is 24.2 Å². The van der Waals surface area contributed by atoms with Gasteiger partial charge in [0.25, 0.3) is 5.91 Å². The molecule has 1 N–H and O–H groups in total. The third-order valence-electron chi connectivity index (χ3n) is 5.57. The minimum absolute atomic E-state index is 0.0877. The van der Waals surface area contributed by atoms with Gasteiger partial charge in [0.15, 0.2) is 6.61 Å². The van der Waals surface area contributed by atoms with E-state index in [1.807, 2.05) is 50.2 Å². The van der Waals surface area contributed by atoms with Gasteiger partial charge in [0.1, 0.15) is 17.3 Å². The fourth-order valence-electron chi connectivity index (χ4n) is 3.82. The Morgan fingerprint density at radius 1 is 0.971 bits per heavy atom. The van der Waals surface area contributed by atoms with Crippen LogP contribution in [-0.2, 0) is 17.9 Å². The van der Waals surface area contributed by atoms with Crippen molar-refractivity contribution in [2.24, 2.45) is 0 Å². The molecule has 4 rings (SSSR count). The molecule has 8 heteroatoms. The molecule has 0 aliphatic heterocycles. The molecular weight excluding hydrogens is 485 g/mol. The molecular formula is C27H27Cl2N3O3. The monoisotopic (exact) mass is 511 g/mol. The van der Waals surface area contributed by atoms with Crippen molar-refractivity contribution in [3.63, 3.8) is 0 Å². The molecule has 6 nitrogen and oxygen atoms in total. The SMILES string of the molecule is Cc1cc(OCCCn2c(CNC(=O)COc3ccc(Cl)cc3)nc3ccccc32)cc(C)c1Cl. The number of fused-ring (bicyclic) bond motifs is 1. The maximum atomic E-state index is 12.4. The first-order chi connectivity index (χ1) is 16.9. The number of ether oxygens (including phenoxy) is 2. The molecule has 0 bridgehead atoms. The Bertz CT molecular complexity index is 1300. The number of hydrogen-bond acceptors (Lipinski definition) is 4. The Morgan fingerprint density at radius 2 is 1.69 bits per heavy atom. The molecule has 0 saturated heterocycles. The predicted octanol–water partition coefficient (Wildman–Crippen LogP) is 6.12. The molecule has 0 aliphatic carbocycles. The lowest BCUT2D eigenvalue weighted by atomic mass is 10.1. The van der Waals surface area contributed by atoms with Crippen LogP contribution in [0.25, 0.3) is 11.0 Å². The second-order valence-corrected chi connectivity index (χ2v) is 9.08. The van der Waals surface area contributed by atoms with Crippen LogP contribution in [0.3, 0.4) is 0 Å². The zero-order chi connectivity index (χ0) is 24.8. The molecule has 0 saturated carbocycles. The minimum Gasteiger partial charge on any atom is -0.494 e. The quantitative estimate of drug-likeness (QED) is 0.260. The number of carbonyl (C=O) groups excluding carboxylic acids is 1. The van der Waals surface area contributed by atoms with E-state index in [-0.39, 0.29) is 12.5 Å². The van der Waals surface area contributed by atoms with Gasteiger partial charge in [0.2, 0.25) is 0 Å². The van der Waals surface area contributed by atoms with E-state index in [0.717, 1.165) is 45.2 Å². The van der Waals surface area contributed by atoms with Gasteiger partial charge in [-0.3, -0.25) is 4.79 Å². The van der Waals surface area contributed by atoms with Gasteiger partial charge in [-0.05, 0) is 79.9 Å². The van der Waals surface area contributed by atoms with Crippen LogP contribution < -0.4 is 14.8 Å². The highest BCUT2D eigenvalue weighted by Gasteiger charge is 2.12. The van der Waals surface area contributed by atoms with Crippen molar-refractivity contribution in [1.82, 2.24) is 14.9 Å². The van der Waals surface area contributed by atoms with Crippen LogP contribution in [0, 0.1) is 13.8 Å². The zero-order valence-electron chi connectivity index (χ0n) is 19.7. The number of amides is 1. The molecule has 0 fully saturated rings. The van der Waals surface area contributed by atoms with Crippen molar-refractivity contribution < 1.29 is 14.3 Å². The summed E-state index contributed by atoms with van der Waals surface area (Å²) in [5.74, 6) is 1.95. The van der Waals surface area contributed by atoms with E-state index < -0.39 is 0 Å². The number of nitrogens with zero attached hydrogens (tertiary/aromatic N) is 2. The van der Waals surface area contributed by atoms with E-state index in [1.165, 1.54) is 0 Å². The van der Waals surface area contributed by atoms with Crippen molar-refractivity contribution in [2.75, 3.05) is 13.2 Å². The van der Waals surface area contributed by atoms with Crippen LogP contribution in [0.1, 0.15) is 23.4 Å². The number of aromatic nitrogens is 2. The van der Waals surface area contributed by atoms with Gasteiger partial charge in [-0.25, -0.2) is 4.98 Å². The van der Waals surface area contributed by atoms with Crippen LogP contribution in [0.5, 0.6) is 11.5 Å². The highest BCUT2D eigenvalue weighted by molar-refractivity contribution is 6.32. The number of halogens is 2. The lowest BCUT2D eigenvalue weighted by molar-refractivity contribution is -0.123. The molecule has 0 radical (unpaired) electrons. The van der Waals surface area contributed by atoms with Gasteiger partial charge in [-0.2, -0.15) is 0 Å². The Kier molecular flexibility index (Phi) is 8.16. The summed E-state index contributed by atoms with van der Waals surface area (Å²) in [6, 6.07) is 18.7. The molecule has 0 unspecified atom stereocenters. The van der Waals surface area contributed by atoms with E-state index in [2.05, 4.69) is 9.88 Å². The summed E-state index contributed by atoms with van der Waals surface area (Å²) >= 11 is 12.1. The second-order valence-electron chi connectivity index (χ2n) is 8.26. The van der Waals surface area contributed by atoms with Crippen LogP contribution in [-0.4, -0.2) is 28.7 Å². The van der Waals surface area contributed by atoms with Crippen molar-refractivity contribution >= 4 is 40.1 Å². The third-order valence-corrected chi connectivity index (χ3v) is 6.41. The summed E-state index contributed by atoms with van der Waals surface area (Å²) in [4.78, 5) is 17.1. The molecule has 3 aromatic carbocycles. The molecule has 35 heavy (non-hydrogen) atoms. The number of imidazole rings is 1. The standard InChI is InChI=1S/C27H27Cl2N3O3/c1-18-14-22(15-19(2)27(18)29)34-13-5-12-32-24-7-4-3-6-23(24)31-25(32)16-30-26(33)17-35-21-10-8-20(28)9-11-21/h3-4,6-11,14-15H,5,12-13,16-17H2,1-2H3,(H,30,33). The lowest BCUT2D eigenvalue weighted by Crippen LogP contribution is -2.29. The van der Waals surface area contributed by atoms with Crippen molar-refractivity contribution in [1.29, 1.82) is 0 Å². The smallest absolute Gasteiger partial charge is 0.258 e. The largest absolute Gasteiger partial charge is 0.494 e. The number of aryl methyl sites for hydroxylation is 3. The second kappa shape index (κ2) is 11.5. The highest BCUT2D eigenvalue weighted by atomic mass is 35.5. The van der Waals surface area contributed by atoms with Crippen molar-refractivity contribution in [2.45, 2.75) is 33.4 Å². The average Bonchev–Trinajstić information content (AvgIpc) is 3.21. The Labute approximate surface area is 214 Å². The number of para-hydroxylation sites is 2. The topological polar surface area (TPSA) is 65.4 Å². The van der Waals surface area contributed by atoms with E-state index in [1.54, 1.807) is 24.3 Å². The van der Waals surface area contributed by atoms with Gasteiger partial charge in [0, 0.05) is 16.6 Å². The van der Waals surface area contributed by atoms with Gasteiger partial charge in [-0.1, -0.05) is 35.3 Å². The van der Waals surface area contributed by atoms with E-state index in [9.17, 15) is 4.79 Å². The minimum atomic E-state index is -0.227. The van der Waals surface area contributed by atoms with Gasteiger partial charge < -0.3 is 19.4 Å². The first kappa shape index (κ1) is 24.9. The van der Waals surface area contributed by atoms with Crippen LogP contribution in [0.2, 0.25) is 10.0 Å². The Balaban J connectivity index is 1.35. The van der Waals surface area contributed by atoms with Crippen molar-refractivity contribution in [3.05, 3.63) is 87.7 Å². The fourth-order valence-corrected chi connectivity index (χ4v) is 4.06. The van der Waals surface area contributed by atoms with Crippen LogP contribution >= 0.6 is 23.2 Å². The van der Waals surface area contributed by atoms with E-state index in [4.69, 9.17) is 37.7 Å². The summed E-state index contributed by atoms with van der Waals surface area (Å²) in [6.07, 6.45) is 0.779. The highest BCUT2D eigenvalue weighted by Crippen LogP contribution is 2.26. The van der Waals surface area contributed by atoms with Crippen molar-refractivity contribution in [3.8, 4) is 11.5 Å². The fraction of sp³-hybridized carbons (Fsp3) is 0.259. The Morgan fingerprint density at radius 3 is 2.43 bits per heavy atom. The third kappa shape index (κ3) is 6.47. The Hall–Kier alpha value is -3.22. The molecule has 1 amide bonds. The molecule has 0 aliphatic rings. The number of carbonyl (C=O) groups is 1. The van der Waals surface area contributed by atoms with Gasteiger partial charge >= 0.3 is 0 Å². The zero-order valence-corrected chi connectivity index (χ0v) is 21.2. The summed E-state index contributed by atoms with van der Waals surface area (Å²) in [5.41, 5.74) is 3.91. The summed E-state index contributed by atoms with van der Waals surface area (Å²) in [7, 11) is 0. The molecule has 0 spiro atoms. The molecule has 1 aromatic heterocycles. The first-order valence-corrected chi connectivity index (χ1v) is 12.1. The normalized spacial score (nSPS) is 11.0. The molecule has 4 aromatic rings. The first-order valence-electron chi connectivity index (χ1n) is 11.4. The van der Waals surface area contributed by atoms with E-state index >= 15 is 0 Å². The summed E-state index contributed by atoms with van der Waals surface area (Å²) in [6.45, 7) is 5.41. The van der Waals surface area contributed by atoms with Gasteiger partial charge in [-0.15, -0.1) is 0 Å². The number of benzene rings is 3. The predicted molar refractivity (Wildman–Crippen MR) is 140 cm³/mol. The van der Waals surface area contributed by atoms with E-state index in [0.29, 0.717) is 30.5 Å². The molecule has 1 heterocycles. The number of rotatable bonds is 10. The van der Waals surface area contributed by atoms with Crippen LogP contribution in [0.4, 0.5) is 0 Å². The maximum Gasteiger partial charge on any atom is 0.258 e.